The number of fused-ring (bicyclic) bond motifs is 1. The summed E-state index contributed by atoms with van der Waals surface area (Å²) < 4.78 is 0. The molecule has 0 saturated heterocycles. The van der Waals surface area contributed by atoms with E-state index in [2.05, 4.69) is 35.5 Å². The Morgan fingerprint density at radius 3 is 2.82 bits per heavy atom. The van der Waals surface area contributed by atoms with Gasteiger partial charge in [-0.3, -0.25) is 0 Å². The Labute approximate surface area is 76.9 Å². The second-order valence-corrected chi connectivity index (χ2v) is 2.55. The molecule has 1 aromatic carbocycles. The zero-order valence-electron chi connectivity index (χ0n) is 6.18. The third-order valence-electron chi connectivity index (χ3n) is 1.85. The molecule has 58 valence electrons. The molecule has 0 radical (unpaired) electrons. The van der Waals surface area contributed by atoms with Crippen LogP contribution in [0.1, 0.15) is 11.1 Å². The molecule has 1 heterocycles. The van der Waals surface area contributed by atoms with E-state index in [-0.39, 0.29) is 17.0 Å². The Morgan fingerprint density at radius 1 is 1.18 bits per heavy atom. The van der Waals surface area contributed by atoms with Gasteiger partial charge in [-0.2, -0.15) is 0 Å². The molecule has 2 rings (SSSR count). The van der Waals surface area contributed by atoms with Crippen LogP contribution in [0.3, 0.4) is 0 Å². The van der Waals surface area contributed by atoms with Crippen molar-refractivity contribution in [2.24, 2.45) is 0 Å². The molecular weight excluding hydrogens is 202 g/mol. The van der Waals surface area contributed by atoms with Gasteiger partial charge in [0, 0.05) is 12.0 Å². The van der Waals surface area contributed by atoms with Gasteiger partial charge in [0.15, 0.2) is 6.21 Å². The maximum Gasteiger partial charge on any atom is 0.169 e. The highest BCUT2D eigenvalue weighted by atomic mass is 79.9. The topological polar surface area (TPSA) is 14.0 Å². The second kappa shape index (κ2) is 3.67. The maximum absolute atomic E-state index is 3.22. The summed E-state index contributed by atoms with van der Waals surface area (Å²) >= 11 is 0. The largest absolute Gasteiger partial charge is 1.00 e. The SMILES string of the molecule is C1=[NH+]CCc2ccccc21.[Br-]. The van der Waals surface area contributed by atoms with E-state index in [1.54, 1.807) is 0 Å². The van der Waals surface area contributed by atoms with E-state index < -0.39 is 0 Å². The van der Waals surface area contributed by atoms with Gasteiger partial charge in [0.25, 0.3) is 0 Å². The third-order valence-corrected chi connectivity index (χ3v) is 1.85. The van der Waals surface area contributed by atoms with Crippen LogP contribution >= 0.6 is 0 Å². The van der Waals surface area contributed by atoms with E-state index >= 15 is 0 Å². The first kappa shape index (κ1) is 8.47. The van der Waals surface area contributed by atoms with Gasteiger partial charge in [-0.25, -0.2) is 4.99 Å². The first-order chi connectivity index (χ1) is 4.97. The number of nitrogens with one attached hydrogen (secondary N) is 1. The fourth-order valence-electron chi connectivity index (χ4n) is 1.29. The van der Waals surface area contributed by atoms with E-state index in [1.165, 1.54) is 11.1 Å². The molecule has 2 heteroatoms. The Kier molecular flexibility index (Phi) is 2.83. The summed E-state index contributed by atoms with van der Waals surface area (Å²) in [5, 5.41) is 0. The van der Waals surface area contributed by atoms with Gasteiger partial charge in [0.1, 0.15) is 6.54 Å². The average molecular weight is 212 g/mol. The van der Waals surface area contributed by atoms with Crippen LogP contribution in [0.4, 0.5) is 0 Å². The molecule has 0 bridgehead atoms. The molecule has 1 aliphatic rings. The molecular formula is C9H10BrN. The molecule has 0 spiro atoms. The third kappa shape index (κ3) is 1.69. The van der Waals surface area contributed by atoms with Gasteiger partial charge in [0.2, 0.25) is 0 Å². The quantitative estimate of drug-likeness (QED) is 0.464. The summed E-state index contributed by atoms with van der Waals surface area (Å²) in [4.78, 5) is 3.22. The first-order valence-electron chi connectivity index (χ1n) is 3.61. The van der Waals surface area contributed by atoms with E-state index in [9.17, 15) is 0 Å². The summed E-state index contributed by atoms with van der Waals surface area (Å²) in [6, 6.07) is 8.49. The van der Waals surface area contributed by atoms with Crippen LogP contribution in [0.25, 0.3) is 0 Å². The number of benzene rings is 1. The molecule has 0 aliphatic carbocycles. The molecule has 0 amide bonds. The molecule has 0 saturated carbocycles. The fraction of sp³-hybridized carbons (Fsp3) is 0.222. The highest BCUT2D eigenvalue weighted by molar-refractivity contribution is 5.77. The van der Waals surface area contributed by atoms with Crippen LogP contribution in [0, 0.1) is 0 Å². The molecule has 1 N–H and O–H groups in total. The minimum Gasteiger partial charge on any atom is -1.00 e. The molecule has 1 aliphatic heterocycles. The lowest BCUT2D eigenvalue weighted by atomic mass is 10.0. The summed E-state index contributed by atoms with van der Waals surface area (Å²) in [5.74, 6) is 0. The second-order valence-electron chi connectivity index (χ2n) is 2.55. The minimum absolute atomic E-state index is 0. The Bertz CT molecular complexity index is 268. The number of halogens is 1. The van der Waals surface area contributed by atoms with Gasteiger partial charge in [-0.05, 0) is 11.6 Å². The van der Waals surface area contributed by atoms with Crippen molar-refractivity contribution in [2.45, 2.75) is 6.42 Å². The lowest BCUT2D eigenvalue weighted by Crippen LogP contribution is -3.00. The lowest BCUT2D eigenvalue weighted by Gasteiger charge is -2.03. The highest BCUT2D eigenvalue weighted by Crippen LogP contribution is 2.05. The highest BCUT2D eigenvalue weighted by Gasteiger charge is 2.05. The van der Waals surface area contributed by atoms with Crippen molar-refractivity contribution < 1.29 is 22.0 Å². The van der Waals surface area contributed by atoms with Gasteiger partial charge in [-0.15, -0.1) is 0 Å². The number of hydrogen-bond donors (Lipinski definition) is 1. The van der Waals surface area contributed by atoms with Gasteiger partial charge >= 0.3 is 0 Å². The van der Waals surface area contributed by atoms with Crippen molar-refractivity contribution in [3.8, 4) is 0 Å². The molecule has 11 heavy (non-hydrogen) atoms. The van der Waals surface area contributed by atoms with Crippen LogP contribution < -0.4 is 22.0 Å². The lowest BCUT2D eigenvalue weighted by molar-refractivity contribution is -0.452. The minimum atomic E-state index is 0. The van der Waals surface area contributed by atoms with Crippen molar-refractivity contribution in [1.82, 2.24) is 0 Å². The summed E-state index contributed by atoms with van der Waals surface area (Å²) in [5.41, 5.74) is 2.80. The molecule has 1 nitrogen and oxygen atoms in total. The standard InChI is InChI=1S/C9H9N.BrH/c1-2-4-9-7-10-6-5-8(9)3-1;/h1-4,7H,5-6H2;1H. The van der Waals surface area contributed by atoms with Crippen LogP contribution in [-0.2, 0) is 6.42 Å². The maximum atomic E-state index is 3.22. The van der Waals surface area contributed by atoms with Crippen molar-refractivity contribution in [2.75, 3.05) is 6.54 Å². The van der Waals surface area contributed by atoms with Gasteiger partial charge in [-0.1, -0.05) is 18.2 Å². The zero-order chi connectivity index (χ0) is 6.81. The fourth-order valence-corrected chi connectivity index (χ4v) is 1.29. The summed E-state index contributed by atoms with van der Waals surface area (Å²) in [6.45, 7) is 1.08. The predicted octanol–water partition coefficient (Wildman–Crippen LogP) is -3.25. The summed E-state index contributed by atoms with van der Waals surface area (Å²) in [6.07, 6.45) is 3.24. The Morgan fingerprint density at radius 2 is 2.00 bits per heavy atom. The number of hydrogen-bond acceptors (Lipinski definition) is 0. The molecule has 0 atom stereocenters. The van der Waals surface area contributed by atoms with Gasteiger partial charge in [0.05, 0.1) is 0 Å². The Balaban J connectivity index is 0.000000605. The van der Waals surface area contributed by atoms with Crippen LogP contribution in [0.5, 0.6) is 0 Å². The molecule has 0 aromatic heterocycles. The average Bonchev–Trinajstić information content (AvgIpc) is 2.05. The van der Waals surface area contributed by atoms with Crippen molar-refractivity contribution in [3.63, 3.8) is 0 Å². The first-order valence-corrected chi connectivity index (χ1v) is 3.61. The smallest absolute Gasteiger partial charge is 0.169 e. The predicted molar refractivity (Wildman–Crippen MR) is 41.1 cm³/mol. The Hall–Kier alpha value is -0.630. The van der Waals surface area contributed by atoms with Crippen molar-refractivity contribution in [3.05, 3.63) is 35.4 Å². The van der Waals surface area contributed by atoms with E-state index in [1.807, 2.05) is 0 Å². The van der Waals surface area contributed by atoms with Crippen LogP contribution in [0.15, 0.2) is 24.3 Å². The van der Waals surface area contributed by atoms with E-state index in [4.69, 9.17) is 0 Å². The molecule has 0 fully saturated rings. The normalized spacial score (nSPS) is 13.5. The van der Waals surface area contributed by atoms with E-state index in [0.29, 0.717) is 0 Å². The zero-order valence-corrected chi connectivity index (χ0v) is 7.76. The van der Waals surface area contributed by atoms with Crippen molar-refractivity contribution in [1.29, 1.82) is 0 Å². The van der Waals surface area contributed by atoms with Crippen LogP contribution in [0.2, 0.25) is 0 Å². The van der Waals surface area contributed by atoms with Gasteiger partial charge < -0.3 is 17.0 Å². The molecule has 1 aromatic rings. The molecule has 0 unspecified atom stereocenters. The monoisotopic (exact) mass is 211 g/mol. The number of rotatable bonds is 0. The van der Waals surface area contributed by atoms with Crippen molar-refractivity contribution >= 4 is 6.21 Å². The summed E-state index contributed by atoms with van der Waals surface area (Å²) in [7, 11) is 0. The van der Waals surface area contributed by atoms with Crippen LogP contribution in [-0.4, -0.2) is 12.8 Å². The van der Waals surface area contributed by atoms with E-state index in [0.717, 1.165) is 13.0 Å².